The second-order valence-corrected chi connectivity index (χ2v) is 7.19. The zero-order chi connectivity index (χ0) is 17.9. The maximum atomic E-state index is 12.6. The molecule has 1 aromatic heterocycles. The third-order valence-electron chi connectivity index (χ3n) is 4.37. The SMILES string of the molecule is O=C(Nc1ccc2ncncc2c1)C1C=CC(Nc2cccc(Br)c2)C1. The topological polar surface area (TPSA) is 66.9 Å². The van der Waals surface area contributed by atoms with Gasteiger partial charge in [0, 0.05) is 33.5 Å². The lowest BCUT2D eigenvalue weighted by atomic mass is 10.1. The van der Waals surface area contributed by atoms with Gasteiger partial charge in [-0.25, -0.2) is 9.97 Å². The van der Waals surface area contributed by atoms with Crippen LogP contribution in [0.1, 0.15) is 6.42 Å². The molecule has 26 heavy (non-hydrogen) atoms. The Kier molecular flexibility index (Phi) is 4.67. The van der Waals surface area contributed by atoms with E-state index in [-0.39, 0.29) is 17.9 Å². The standard InChI is InChI=1S/C20H17BrN4O/c21-15-2-1-3-16(10-15)24-17-5-4-13(8-17)20(26)25-18-6-7-19-14(9-18)11-22-12-23-19/h1-7,9-13,17,24H,8H2,(H,25,26). The summed E-state index contributed by atoms with van der Waals surface area (Å²) in [6.45, 7) is 0. The highest BCUT2D eigenvalue weighted by Gasteiger charge is 2.25. The third kappa shape index (κ3) is 3.75. The van der Waals surface area contributed by atoms with Crippen molar-refractivity contribution in [3.05, 3.63) is 71.6 Å². The van der Waals surface area contributed by atoms with Gasteiger partial charge in [0.2, 0.25) is 5.91 Å². The largest absolute Gasteiger partial charge is 0.379 e. The fourth-order valence-corrected chi connectivity index (χ4v) is 3.49. The van der Waals surface area contributed by atoms with Gasteiger partial charge in [0.15, 0.2) is 0 Å². The van der Waals surface area contributed by atoms with Crippen LogP contribution < -0.4 is 10.6 Å². The molecule has 2 N–H and O–H groups in total. The van der Waals surface area contributed by atoms with Gasteiger partial charge in [-0.1, -0.05) is 34.1 Å². The molecule has 5 nitrogen and oxygen atoms in total. The van der Waals surface area contributed by atoms with Crippen molar-refractivity contribution >= 4 is 44.1 Å². The molecule has 0 bridgehead atoms. The Balaban J connectivity index is 1.39. The van der Waals surface area contributed by atoms with E-state index >= 15 is 0 Å². The van der Waals surface area contributed by atoms with E-state index in [2.05, 4.69) is 42.6 Å². The summed E-state index contributed by atoms with van der Waals surface area (Å²) in [6, 6.07) is 13.8. The predicted octanol–water partition coefficient (Wildman–Crippen LogP) is 4.39. The van der Waals surface area contributed by atoms with Crippen LogP contribution in [0.4, 0.5) is 11.4 Å². The van der Waals surface area contributed by atoms with E-state index in [4.69, 9.17) is 0 Å². The lowest BCUT2D eigenvalue weighted by Gasteiger charge is -2.15. The summed E-state index contributed by atoms with van der Waals surface area (Å²) in [5.74, 6) is -0.154. The molecule has 1 heterocycles. The summed E-state index contributed by atoms with van der Waals surface area (Å²) in [7, 11) is 0. The third-order valence-corrected chi connectivity index (χ3v) is 4.86. The lowest BCUT2D eigenvalue weighted by molar-refractivity contribution is -0.118. The van der Waals surface area contributed by atoms with E-state index in [1.165, 1.54) is 6.33 Å². The number of anilines is 2. The molecule has 130 valence electrons. The van der Waals surface area contributed by atoms with Crippen LogP contribution in [0.3, 0.4) is 0 Å². The Labute approximate surface area is 159 Å². The number of aromatic nitrogens is 2. The molecule has 0 saturated carbocycles. The monoisotopic (exact) mass is 408 g/mol. The van der Waals surface area contributed by atoms with E-state index in [0.29, 0.717) is 0 Å². The van der Waals surface area contributed by atoms with Crippen molar-refractivity contribution in [1.82, 2.24) is 9.97 Å². The first-order chi connectivity index (χ1) is 12.7. The molecule has 1 aliphatic rings. The number of carbonyl (C=O) groups is 1. The van der Waals surface area contributed by atoms with E-state index in [1.54, 1.807) is 6.20 Å². The summed E-state index contributed by atoms with van der Waals surface area (Å²) < 4.78 is 1.03. The second kappa shape index (κ2) is 7.25. The van der Waals surface area contributed by atoms with Crippen molar-refractivity contribution < 1.29 is 4.79 Å². The molecule has 0 radical (unpaired) electrons. The minimum atomic E-state index is -0.151. The van der Waals surface area contributed by atoms with Gasteiger partial charge in [0.1, 0.15) is 6.33 Å². The normalized spacial score (nSPS) is 18.8. The summed E-state index contributed by atoms with van der Waals surface area (Å²) >= 11 is 3.47. The van der Waals surface area contributed by atoms with Crippen LogP contribution in [-0.4, -0.2) is 21.9 Å². The van der Waals surface area contributed by atoms with Gasteiger partial charge in [-0.15, -0.1) is 0 Å². The van der Waals surface area contributed by atoms with Gasteiger partial charge in [-0.2, -0.15) is 0 Å². The fraction of sp³-hybridized carbons (Fsp3) is 0.150. The Morgan fingerprint density at radius 1 is 1.12 bits per heavy atom. The van der Waals surface area contributed by atoms with E-state index in [9.17, 15) is 4.79 Å². The first-order valence-electron chi connectivity index (χ1n) is 8.38. The molecule has 4 rings (SSSR count). The number of hydrogen-bond donors (Lipinski definition) is 2. The van der Waals surface area contributed by atoms with Crippen LogP contribution in [0.5, 0.6) is 0 Å². The van der Waals surface area contributed by atoms with Crippen molar-refractivity contribution in [2.24, 2.45) is 5.92 Å². The number of amides is 1. The average Bonchev–Trinajstić information content (AvgIpc) is 3.10. The molecule has 2 aromatic carbocycles. The Hall–Kier alpha value is -2.73. The number of nitrogens with zero attached hydrogens (tertiary/aromatic N) is 2. The van der Waals surface area contributed by atoms with E-state index < -0.39 is 0 Å². The smallest absolute Gasteiger partial charge is 0.231 e. The first-order valence-corrected chi connectivity index (χ1v) is 9.18. The molecule has 0 saturated heterocycles. The van der Waals surface area contributed by atoms with Crippen LogP contribution in [0.15, 0.2) is 71.6 Å². The lowest BCUT2D eigenvalue weighted by Crippen LogP contribution is -2.23. The van der Waals surface area contributed by atoms with Gasteiger partial charge in [-0.05, 0) is 42.8 Å². The summed E-state index contributed by atoms with van der Waals surface area (Å²) in [5, 5.41) is 7.33. The number of carbonyl (C=O) groups excluding carboxylic acids is 1. The van der Waals surface area contributed by atoms with Crippen molar-refractivity contribution in [2.75, 3.05) is 10.6 Å². The van der Waals surface area contributed by atoms with Crippen LogP contribution in [-0.2, 0) is 4.79 Å². The highest BCUT2D eigenvalue weighted by atomic mass is 79.9. The predicted molar refractivity (Wildman–Crippen MR) is 107 cm³/mol. The van der Waals surface area contributed by atoms with Crippen LogP contribution >= 0.6 is 15.9 Å². The second-order valence-electron chi connectivity index (χ2n) is 6.27. The van der Waals surface area contributed by atoms with Gasteiger partial charge < -0.3 is 10.6 Å². The van der Waals surface area contributed by atoms with Crippen molar-refractivity contribution in [2.45, 2.75) is 12.5 Å². The van der Waals surface area contributed by atoms with Gasteiger partial charge >= 0.3 is 0 Å². The molecule has 2 unspecified atom stereocenters. The fourth-order valence-electron chi connectivity index (χ4n) is 3.09. The molecular formula is C20H17BrN4O. The van der Waals surface area contributed by atoms with Gasteiger partial charge in [0.25, 0.3) is 0 Å². The average molecular weight is 409 g/mol. The van der Waals surface area contributed by atoms with E-state index in [1.807, 2.05) is 48.5 Å². The Morgan fingerprint density at radius 2 is 2.04 bits per heavy atom. The van der Waals surface area contributed by atoms with Crippen molar-refractivity contribution in [3.8, 4) is 0 Å². The number of hydrogen-bond acceptors (Lipinski definition) is 4. The minimum absolute atomic E-state index is 0.00371. The molecular weight excluding hydrogens is 392 g/mol. The molecule has 6 heteroatoms. The number of nitrogens with one attached hydrogen (secondary N) is 2. The molecule has 0 aliphatic heterocycles. The quantitative estimate of drug-likeness (QED) is 0.628. The molecule has 0 spiro atoms. The summed E-state index contributed by atoms with van der Waals surface area (Å²) in [5.41, 5.74) is 2.65. The van der Waals surface area contributed by atoms with Crippen LogP contribution in [0.2, 0.25) is 0 Å². The van der Waals surface area contributed by atoms with Gasteiger partial charge in [0.05, 0.1) is 11.4 Å². The number of halogens is 1. The first kappa shape index (κ1) is 16.7. The Bertz CT molecular complexity index is 988. The number of rotatable bonds is 4. The zero-order valence-electron chi connectivity index (χ0n) is 13.9. The summed E-state index contributed by atoms with van der Waals surface area (Å²) in [4.78, 5) is 20.8. The van der Waals surface area contributed by atoms with Crippen LogP contribution in [0, 0.1) is 5.92 Å². The maximum absolute atomic E-state index is 12.6. The van der Waals surface area contributed by atoms with E-state index in [0.717, 1.165) is 33.2 Å². The van der Waals surface area contributed by atoms with Crippen LogP contribution in [0.25, 0.3) is 10.9 Å². The molecule has 3 aromatic rings. The molecule has 1 aliphatic carbocycles. The zero-order valence-corrected chi connectivity index (χ0v) is 15.5. The Morgan fingerprint density at radius 3 is 2.92 bits per heavy atom. The maximum Gasteiger partial charge on any atom is 0.231 e. The van der Waals surface area contributed by atoms with Crippen molar-refractivity contribution in [3.63, 3.8) is 0 Å². The molecule has 1 amide bonds. The van der Waals surface area contributed by atoms with Gasteiger partial charge in [-0.3, -0.25) is 4.79 Å². The highest BCUT2D eigenvalue weighted by molar-refractivity contribution is 9.10. The molecule has 0 fully saturated rings. The summed E-state index contributed by atoms with van der Waals surface area (Å²) in [6.07, 6.45) is 8.01. The highest BCUT2D eigenvalue weighted by Crippen LogP contribution is 2.25. The minimum Gasteiger partial charge on any atom is -0.379 e. The number of benzene rings is 2. The van der Waals surface area contributed by atoms with Crippen molar-refractivity contribution in [1.29, 1.82) is 0 Å². The number of fused-ring (bicyclic) bond motifs is 1. The molecule has 2 atom stereocenters.